The fourth-order valence-electron chi connectivity index (χ4n) is 2.09. The van der Waals surface area contributed by atoms with Crippen LogP contribution in [0.2, 0.25) is 0 Å². The third kappa shape index (κ3) is 1.95. The number of aryl methyl sites for hydroxylation is 1. The van der Waals surface area contributed by atoms with Gasteiger partial charge in [0.1, 0.15) is 5.56 Å². The van der Waals surface area contributed by atoms with Gasteiger partial charge in [0.2, 0.25) is 0 Å². The first-order chi connectivity index (χ1) is 7.74. The van der Waals surface area contributed by atoms with Crippen LogP contribution in [0.25, 0.3) is 0 Å². The lowest BCUT2D eigenvalue weighted by Gasteiger charge is -2.08. The number of nitrogens with zero attached hydrogens (tertiary/aromatic N) is 1. The molecule has 88 valence electrons. The summed E-state index contributed by atoms with van der Waals surface area (Å²) >= 11 is 0. The Kier molecular flexibility index (Phi) is 3.24. The van der Waals surface area contributed by atoms with Gasteiger partial charge in [0.15, 0.2) is 0 Å². The number of nitrogens with one attached hydrogen (secondary N) is 2. The normalized spacial score (nSPS) is 20.0. The molecule has 1 aliphatic heterocycles. The van der Waals surface area contributed by atoms with Gasteiger partial charge in [-0.05, 0) is 26.8 Å². The summed E-state index contributed by atoms with van der Waals surface area (Å²) in [7, 11) is 0. The molecule has 1 aromatic rings. The van der Waals surface area contributed by atoms with Gasteiger partial charge in [0.25, 0.3) is 0 Å². The average Bonchev–Trinajstić information content (AvgIpc) is 2.86. The van der Waals surface area contributed by atoms with Gasteiger partial charge in [0.05, 0.1) is 12.3 Å². The highest BCUT2D eigenvalue weighted by Gasteiger charge is 2.27. The SMILES string of the molecule is CCOC(=O)c1c([C@@H]2CCNC2)n[nH]c1C. The zero-order chi connectivity index (χ0) is 11.5. The van der Waals surface area contributed by atoms with Gasteiger partial charge >= 0.3 is 5.97 Å². The van der Waals surface area contributed by atoms with Crippen molar-refractivity contribution >= 4 is 5.97 Å². The van der Waals surface area contributed by atoms with Crippen molar-refractivity contribution in [3.63, 3.8) is 0 Å². The van der Waals surface area contributed by atoms with Crippen LogP contribution in [0.4, 0.5) is 0 Å². The van der Waals surface area contributed by atoms with Crippen LogP contribution < -0.4 is 5.32 Å². The second-order valence-electron chi connectivity index (χ2n) is 4.02. The Balaban J connectivity index is 2.27. The van der Waals surface area contributed by atoms with Crippen molar-refractivity contribution in [3.8, 4) is 0 Å². The van der Waals surface area contributed by atoms with Crippen molar-refractivity contribution < 1.29 is 9.53 Å². The number of rotatable bonds is 3. The molecule has 0 aromatic carbocycles. The summed E-state index contributed by atoms with van der Waals surface area (Å²) in [6.45, 7) is 5.93. The van der Waals surface area contributed by atoms with Crippen molar-refractivity contribution in [2.24, 2.45) is 0 Å². The summed E-state index contributed by atoms with van der Waals surface area (Å²) in [6.07, 6.45) is 1.02. The monoisotopic (exact) mass is 223 g/mol. The predicted molar refractivity (Wildman–Crippen MR) is 59.5 cm³/mol. The summed E-state index contributed by atoms with van der Waals surface area (Å²) < 4.78 is 5.05. The largest absolute Gasteiger partial charge is 0.462 e. The molecule has 0 aliphatic carbocycles. The van der Waals surface area contributed by atoms with Crippen LogP contribution in [-0.4, -0.2) is 35.9 Å². The number of aromatic amines is 1. The lowest BCUT2D eigenvalue weighted by atomic mass is 10.00. The summed E-state index contributed by atoms with van der Waals surface area (Å²) in [5.41, 5.74) is 2.26. The smallest absolute Gasteiger partial charge is 0.341 e. The van der Waals surface area contributed by atoms with E-state index in [1.165, 1.54) is 0 Å². The number of carbonyl (C=O) groups excluding carboxylic acids is 1. The molecule has 1 aromatic heterocycles. The van der Waals surface area contributed by atoms with Gasteiger partial charge in [-0.3, -0.25) is 5.10 Å². The first kappa shape index (κ1) is 11.1. The molecule has 2 N–H and O–H groups in total. The van der Waals surface area contributed by atoms with Gasteiger partial charge < -0.3 is 10.1 Å². The van der Waals surface area contributed by atoms with Crippen molar-refractivity contribution in [2.75, 3.05) is 19.7 Å². The lowest BCUT2D eigenvalue weighted by Crippen LogP contribution is -2.13. The van der Waals surface area contributed by atoms with Crippen LogP contribution in [0.3, 0.4) is 0 Å². The molecular formula is C11H17N3O2. The number of hydrogen-bond acceptors (Lipinski definition) is 4. The third-order valence-corrected chi connectivity index (χ3v) is 2.90. The number of esters is 1. The highest BCUT2D eigenvalue weighted by atomic mass is 16.5. The van der Waals surface area contributed by atoms with Crippen LogP contribution in [0.1, 0.15) is 41.0 Å². The van der Waals surface area contributed by atoms with E-state index in [4.69, 9.17) is 4.74 Å². The summed E-state index contributed by atoms with van der Waals surface area (Å²) in [5.74, 6) is 0.0556. The Morgan fingerprint density at radius 1 is 1.62 bits per heavy atom. The zero-order valence-corrected chi connectivity index (χ0v) is 9.67. The molecule has 5 heteroatoms. The highest BCUT2D eigenvalue weighted by molar-refractivity contribution is 5.92. The van der Waals surface area contributed by atoms with Crippen molar-refractivity contribution in [3.05, 3.63) is 17.0 Å². The maximum atomic E-state index is 11.8. The molecule has 0 spiro atoms. The quantitative estimate of drug-likeness (QED) is 0.749. The van der Waals surface area contributed by atoms with Gasteiger partial charge in [0, 0.05) is 18.2 Å². The molecule has 0 bridgehead atoms. The fourth-order valence-corrected chi connectivity index (χ4v) is 2.09. The molecule has 0 unspecified atom stereocenters. The number of ether oxygens (including phenoxy) is 1. The molecule has 1 fully saturated rings. The third-order valence-electron chi connectivity index (χ3n) is 2.90. The minimum Gasteiger partial charge on any atom is -0.462 e. The van der Waals surface area contributed by atoms with Crippen LogP contribution in [-0.2, 0) is 4.74 Å². The molecule has 1 aliphatic rings. The minimum atomic E-state index is -0.268. The molecule has 16 heavy (non-hydrogen) atoms. The topological polar surface area (TPSA) is 67.0 Å². The highest BCUT2D eigenvalue weighted by Crippen LogP contribution is 2.25. The van der Waals surface area contributed by atoms with E-state index in [1.54, 1.807) is 0 Å². The van der Waals surface area contributed by atoms with Crippen molar-refractivity contribution in [2.45, 2.75) is 26.2 Å². The fraction of sp³-hybridized carbons (Fsp3) is 0.636. The molecule has 2 heterocycles. The van der Waals surface area contributed by atoms with E-state index in [1.807, 2.05) is 13.8 Å². The summed E-state index contributed by atoms with van der Waals surface area (Å²) in [4.78, 5) is 11.8. The molecule has 1 saturated heterocycles. The number of carbonyl (C=O) groups is 1. The van der Waals surface area contributed by atoms with Crippen molar-refractivity contribution in [1.29, 1.82) is 0 Å². The Labute approximate surface area is 94.6 Å². The second kappa shape index (κ2) is 4.65. The Bertz CT molecular complexity index is 381. The van der Waals surface area contributed by atoms with E-state index in [9.17, 15) is 4.79 Å². The maximum Gasteiger partial charge on any atom is 0.341 e. The molecule has 0 radical (unpaired) electrons. The average molecular weight is 223 g/mol. The number of aromatic nitrogens is 2. The first-order valence-electron chi connectivity index (χ1n) is 5.66. The van der Waals surface area contributed by atoms with Gasteiger partial charge in [-0.25, -0.2) is 4.79 Å². The number of hydrogen-bond donors (Lipinski definition) is 2. The standard InChI is InChI=1S/C11H17N3O2/c1-3-16-11(15)9-7(2)13-14-10(9)8-4-5-12-6-8/h8,12H,3-6H2,1-2H3,(H,13,14)/t8-/m1/s1. The Hall–Kier alpha value is -1.36. The predicted octanol–water partition coefficient (Wildman–Crippen LogP) is 0.972. The molecule has 2 rings (SSSR count). The van der Waals surface area contributed by atoms with Gasteiger partial charge in [-0.15, -0.1) is 0 Å². The van der Waals surface area contributed by atoms with E-state index in [0.29, 0.717) is 18.1 Å². The van der Waals surface area contributed by atoms with E-state index < -0.39 is 0 Å². The Morgan fingerprint density at radius 2 is 2.44 bits per heavy atom. The second-order valence-corrected chi connectivity index (χ2v) is 4.02. The van der Waals surface area contributed by atoms with Crippen LogP contribution in [0, 0.1) is 6.92 Å². The Morgan fingerprint density at radius 3 is 3.06 bits per heavy atom. The molecule has 0 amide bonds. The molecular weight excluding hydrogens is 206 g/mol. The van der Waals surface area contributed by atoms with E-state index in [2.05, 4.69) is 15.5 Å². The minimum absolute atomic E-state index is 0.268. The maximum absolute atomic E-state index is 11.8. The first-order valence-corrected chi connectivity index (χ1v) is 5.66. The van der Waals surface area contributed by atoms with Crippen molar-refractivity contribution in [1.82, 2.24) is 15.5 Å². The van der Waals surface area contributed by atoms with Crippen LogP contribution in [0.5, 0.6) is 0 Å². The van der Waals surface area contributed by atoms with Gasteiger partial charge in [-0.2, -0.15) is 5.10 Å². The molecule has 5 nitrogen and oxygen atoms in total. The number of H-pyrrole nitrogens is 1. The van der Waals surface area contributed by atoms with E-state index >= 15 is 0 Å². The van der Waals surface area contributed by atoms with E-state index in [0.717, 1.165) is 30.9 Å². The van der Waals surface area contributed by atoms with Crippen LogP contribution >= 0.6 is 0 Å². The molecule has 1 atom stereocenters. The zero-order valence-electron chi connectivity index (χ0n) is 9.67. The van der Waals surface area contributed by atoms with Gasteiger partial charge in [-0.1, -0.05) is 0 Å². The van der Waals surface area contributed by atoms with Crippen LogP contribution in [0.15, 0.2) is 0 Å². The van der Waals surface area contributed by atoms with E-state index in [-0.39, 0.29) is 5.97 Å². The summed E-state index contributed by atoms with van der Waals surface area (Å²) in [6, 6.07) is 0. The summed E-state index contributed by atoms with van der Waals surface area (Å²) in [5, 5.41) is 10.4. The lowest BCUT2D eigenvalue weighted by molar-refractivity contribution is 0.0524. The molecule has 0 saturated carbocycles.